The summed E-state index contributed by atoms with van der Waals surface area (Å²) >= 11 is 0. The number of hydrogen-bond acceptors (Lipinski definition) is 2. The van der Waals surface area contributed by atoms with E-state index >= 15 is 0 Å². The van der Waals surface area contributed by atoms with Crippen molar-refractivity contribution in [3.05, 3.63) is 11.6 Å². The SMILES string of the molecule is C/C=C1/CC(=O)NC1=NC. The van der Waals surface area contributed by atoms with Crippen LogP contribution in [0, 0.1) is 0 Å². The monoisotopic (exact) mass is 138 g/mol. The van der Waals surface area contributed by atoms with E-state index in [1.165, 1.54) is 0 Å². The molecule has 0 bridgehead atoms. The summed E-state index contributed by atoms with van der Waals surface area (Å²) in [4.78, 5) is 14.7. The summed E-state index contributed by atoms with van der Waals surface area (Å²) in [5, 5.41) is 2.65. The molecule has 0 aliphatic carbocycles. The molecule has 1 heterocycles. The number of nitrogens with one attached hydrogen (secondary N) is 1. The van der Waals surface area contributed by atoms with E-state index in [2.05, 4.69) is 10.3 Å². The highest BCUT2D eigenvalue weighted by molar-refractivity contribution is 6.16. The molecule has 0 aromatic heterocycles. The average molecular weight is 138 g/mol. The van der Waals surface area contributed by atoms with Crippen LogP contribution in [0.15, 0.2) is 16.6 Å². The maximum absolute atomic E-state index is 10.7. The van der Waals surface area contributed by atoms with Gasteiger partial charge >= 0.3 is 0 Å². The van der Waals surface area contributed by atoms with Gasteiger partial charge in [0.1, 0.15) is 5.84 Å². The lowest BCUT2D eigenvalue weighted by Crippen LogP contribution is -2.19. The van der Waals surface area contributed by atoms with Gasteiger partial charge in [-0.05, 0) is 12.5 Å². The summed E-state index contributed by atoms with van der Waals surface area (Å²) in [5.74, 6) is 0.751. The highest BCUT2D eigenvalue weighted by Crippen LogP contribution is 2.09. The fourth-order valence-corrected chi connectivity index (χ4v) is 0.952. The Morgan fingerprint density at radius 2 is 2.40 bits per heavy atom. The molecule has 1 amide bonds. The Balaban J connectivity index is 2.87. The molecule has 1 N–H and O–H groups in total. The van der Waals surface area contributed by atoms with Gasteiger partial charge in [-0.3, -0.25) is 9.79 Å². The van der Waals surface area contributed by atoms with Crippen molar-refractivity contribution in [3.63, 3.8) is 0 Å². The van der Waals surface area contributed by atoms with Crippen molar-refractivity contribution in [2.24, 2.45) is 4.99 Å². The van der Waals surface area contributed by atoms with Crippen molar-refractivity contribution in [2.75, 3.05) is 7.05 Å². The van der Waals surface area contributed by atoms with Gasteiger partial charge in [0.25, 0.3) is 0 Å². The smallest absolute Gasteiger partial charge is 0.230 e. The van der Waals surface area contributed by atoms with Crippen molar-refractivity contribution < 1.29 is 4.79 Å². The Morgan fingerprint density at radius 1 is 1.70 bits per heavy atom. The normalized spacial score (nSPS) is 26.0. The van der Waals surface area contributed by atoms with Crippen LogP contribution in [0.25, 0.3) is 0 Å². The molecule has 1 aliphatic rings. The standard InChI is InChI=1S/C7H10N2O/c1-3-5-4-6(10)9-7(5)8-2/h3H,4H2,1-2H3,(H,8,9,10)/b5-3-. The molecule has 3 nitrogen and oxygen atoms in total. The van der Waals surface area contributed by atoms with E-state index in [1.54, 1.807) is 7.05 Å². The second kappa shape index (κ2) is 2.64. The number of aliphatic imine (C=N–C) groups is 1. The first-order valence-corrected chi connectivity index (χ1v) is 3.20. The fourth-order valence-electron chi connectivity index (χ4n) is 0.952. The van der Waals surface area contributed by atoms with Crippen molar-refractivity contribution in [1.82, 2.24) is 5.32 Å². The summed E-state index contributed by atoms with van der Waals surface area (Å²) in [5.41, 5.74) is 0.993. The van der Waals surface area contributed by atoms with Crippen molar-refractivity contribution in [2.45, 2.75) is 13.3 Å². The molecule has 0 spiro atoms. The second-order valence-electron chi connectivity index (χ2n) is 2.11. The Bertz CT molecular complexity index is 194. The average Bonchev–Trinajstić information content (AvgIpc) is 2.30. The number of hydrogen-bond donors (Lipinski definition) is 1. The first-order chi connectivity index (χ1) is 4.77. The Labute approximate surface area is 59.8 Å². The van der Waals surface area contributed by atoms with Crippen LogP contribution in [-0.2, 0) is 4.79 Å². The molecule has 0 atom stereocenters. The summed E-state index contributed by atoms with van der Waals surface area (Å²) in [7, 11) is 1.67. The maximum atomic E-state index is 10.7. The van der Waals surface area contributed by atoms with Crippen LogP contribution in [0.4, 0.5) is 0 Å². The molecule has 0 aromatic carbocycles. The first kappa shape index (κ1) is 6.99. The molecule has 54 valence electrons. The first-order valence-electron chi connectivity index (χ1n) is 3.20. The minimum atomic E-state index is 0.0358. The lowest BCUT2D eigenvalue weighted by molar-refractivity contribution is -0.118. The van der Waals surface area contributed by atoms with Gasteiger partial charge in [-0.1, -0.05) is 6.08 Å². The number of nitrogens with zero attached hydrogens (tertiary/aromatic N) is 1. The summed E-state index contributed by atoms with van der Waals surface area (Å²) in [6.45, 7) is 1.90. The molecule has 1 aliphatic heterocycles. The minimum Gasteiger partial charge on any atom is -0.310 e. The van der Waals surface area contributed by atoms with Gasteiger partial charge in [0.15, 0.2) is 0 Å². The van der Waals surface area contributed by atoms with Crippen LogP contribution in [0.2, 0.25) is 0 Å². The van der Waals surface area contributed by atoms with E-state index in [-0.39, 0.29) is 5.91 Å². The van der Waals surface area contributed by atoms with Crippen LogP contribution in [0.5, 0.6) is 0 Å². The topological polar surface area (TPSA) is 41.5 Å². The number of allylic oxidation sites excluding steroid dienone is 1. The molecule has 1 fully saturated rings. The van der Waals surface area contributed by atoms with E-state index in [0.29, 0.717) is 12.3 Å². The van der Waals surface area contributed by atoms with Gasteiger partial charge in [0.05, 0.1) is 6.42 Å². The Hall–Kier alpha value is -1.12. The molecule has 10 heavy (non-hydrogen) atoms. The molecule has 1 rings (SSSR count). The van der Waals surface area contributed by atoms with Crippen LogP contribution >= 0.6 is 0 Å². The lowest BCUT2D eigenvalue weighted by Gasteiger charge is -1.92. The summed E-state index contributed by atoms with van der Waals surface area (Å²) < 4.78 is 0. The molecular formula is C7H10N2O. The number of carbonyl (C=O) groups is 1. The van der Waals surface area contributed by atoms with E-state index in [4.69, 9.17) is 0 Å². The van der Waals surface area contributed by atoms with Crippen molar-refractivity contribution in [1.29, 1.82) is 0 Å². The van der Waals surface area contributed by atoms with E-state index in [1.807, 2.05) is 13.0 Å². The molecule has 1 saturated heterocycles. The van der Waals surface area contributed by atoms with Crippen molar-refractivity contribution in [3.8, 4) is 0 Å². The zero-order chi connectivity index (χ0) is 7.56. The Morgan fingerprint density at radius 3 is 2.80 bits per heavy atom. The second-order valence-corrected chi connectivity index (χ2v) is 2.11. The third-order valence-electron chi connectivity index (χ3n) is 1.49. The largest absolute Gasteiger partial charge is 0.310 e. The van der Waals surface area contributed by atoms with Gasteiger partial charge in [-0.25, -0.2) is 0 Å². The predicted octanol–water partition coefficient (Wildman–Crippen LogP) is 0.481. The molecular weight excluding hydrogens is 128 g/mol. The molecule has 0 unspecified atom stereocenters. The Kier molecular flexibility index (Phi) is 1.85. The van der Waals surface area contributed by atoms with Gasteiger partial charge in [-0.2, -0.15) is 0 Å². The van der Waals surface area contributed by atoms with E-state index in [0.717, 1.165) is 5.57 Å². The number of carbonyl (C=O) groups excluding carboxylic acids is 1. The molecule has 0 radical (unpaired) electrons. The van der Waals surface area contributed by atoms with Gasteiger partial charge < -0.3 is 5.32 Å². The zero-order valence-electron chi connectivity index (χ0n) is 6.14. The van der Waals surface area contributed by atoms with Crippen LogP contribution in [0.3, 0.4) is 0 Å². The maximum Gasteiger partial charge on any atom is 0.230 e. The third kappa shape index (κ3) is 1.07. The minimum absolute atomic E-state index is 0.0358. The predicted molar refractivity (Wildman–Crippen MR) is 39.9 cm³/mol. The highest BCUT2D eigenvalue weighted by atomic mass is 16.1. The van der Waals surface area contributed by atoms with Gasteiger partial charge in [0, 0.05) is 7.05 Å². The number of amidine groups is 1. The number of amides is 1. The van der Waals surface area contributed by atoms with E-state index < -0.39 is 0 Å². The van der Waals surface area contributed by atoms with Gasteiger partial charge in [-0.15, -0.1) is 0 Å². The lowest BCUT2D eigenvalue weighted by atomic mass is 10.2. The van der Waals surface area contributed by atoms with Crippen LogP contribution in [0.1, 0.15) is 13.3 Å². The fraction of sp³-hybridized carbons (Fsp3) is 0.429. The zero-order valence-corrected chi connectivity index (χ0v) is 6.14. The summed E-state index contributed by atoms with van der Waals surface area (Å²) in [6.07, 6.45) is 2.38. The quantitative estimate of drug-likeness (QED) is 0.519. The number of rotatable bonds is 0. The molecule has 0 aromatic rings. The van der Waals surface area contributed by atoms with Crippen LogP contribution < -0.4 is 5.32 Å². The highest BCUT2D eigenvalue weighted by Gasteiger charge is 2.19. The molecule has 0 saturated carbocycles. The molecule has 3 heteroatoms. The summed E-state index contributed by atoms with van der Waals surface area (Å²) in [6, 6.07) is 0. The van der Waals surface area contributed by atoms with E-state index in [9.17, 15) is 4.79 Å². The van der Waals surface area contributed by atoms with Gasteiger partial charge in [0.2, 0.25) is 5.91 Å². The van der Waals surface area contributed by atoms with Crippen molar-refractivity contribution >= 4 is 11.7 Å². The van der Waals surface area contributed by atoms with Crippen LogP contribution in [-0.4, -0.2) is 18.8 Å². The third-order valence-corrected chi connectivity index (χ3v) is 1.49.